The van der Waals surface area contributed by atoms with Crippen LogP contribution in [0, 0.1) is 5.82 Å². The summed E-state index contributed by atoms with van der Waals surface area (Å²) in [5.74, 6) is 0.906. The highest BCUT2D eigenvalue weighted by molar-refractivity contribution is 5.79. The summed E-state index contributed by atoms with van der Waals surface area (Å²) in [5, 5.41) is 6.43. The summed E-state index contributed by atoms with van der Waals surface area (Å²) in [7, 11) is 3.39. The molecule has 0 bridgehead atoms. The van der Waals surface area contributed by atoms with Gasteiger partial charge in [0.05, 0.1) is 12.1 Å². The summed E-state index contributed by atoms with van der Waals surface area (Å²) in [5.41, 5.74) is -0.278. The Balaban J connectivity index is 2.49. The van der Waals surface area contributed by atoms with Crippen LogP contribution in [0.5, 0.6) is 5.75 Å². The molecule has 0 aliphatic carbocycles. The van der Waals surface area contributed by atoms with Crippen LogP contribution in [0.15, 0.2) is 29.3 Å². The predicted octanol–water partition coefficient (Wildman–Crippen LogP) is 2.57. The van der Waals surface area contributed by atoms with Crippen LogP contribution in [0.3, 0.4) is 0 Å². The molecule has 23 heavy (non-hydrogen) atoms. The molecule has 1 aromatic carbocycles. The maximum absolute atomic E-state index is 13.2. The number of halogens is 1. The van der Waals surface area contributed by atoms with Crippen molar-refractivity contribution in [3.05, 3.63) is 30.1 Å². The molecule has 2 N–H and O–H groups in total. The summed E-state index contributed by atoms with van der Waals surface area (Å²) >= 11 is 0. The van der Waals surface area contributed by atoms with Gasteiger partial charge < -0.3 is 20.1 Å². The minimum atomic E-state index is -0.301. The molecule has 130 valence electrons. The number of hydrogen-bond acceptors (Lipinski definition) is 3. The molecule has 0 radical (unpaired) electrons. The van der Waals surface area contributed by atoms with E-state index in [0.29, 0.717) is 24.8 Å². The first-order valence-electron chi connectivity index (χ1n) is 7.82. The lowest BCUT2D eigenvalue weighted by Gasteiger charge is -2.25. The Labute approximate surface area is 138 Å². The van der Waals surface area contributed by atoms with Gasteiger partial charge in [-0.2, -0.15) is 0 Å². The molecule has 0 aliphatic rings. The van der Waals surface area contributed by atoms with Crippen LogP contribution in [-0.2, 0) is 4.74 Å². The average Bonchev–Trinajstić information content (AvgIpc) is 2.53. The van der Waals surface area contributed by atoms with Crippen LogP contribution >= 0.6 is 0 Å². The van der Waals surface area contributed by atoms with Gasteiger partial charge in [0.2, 0.25) is 0 Å². The van der Waals surface area contributed by atoms with E-state index in [1.54, 1.807) is 26.3 Å². The highest BCUT2D eigenvalue weighted by Gasteiger charge is 2.17. The van der Waals surface area contributed by atoms with E-state index < -0.39 is 0 Å². The van der Waals surface area contributed by atoms with Crippen molar-refractivity contribution in [2.24, 2.45) is 4.99 Å². The molecule has 1 atom stereocenters. The van der Waals surface area contributed by atoms with E-state index in [0.717, 1.165) is 6.42 Å². The fraction of sp³-hybridized carbons (Fsp3) is 0.588. The minimum Gasteiger partial charge on any atom is -0.489 e. The van der Waals surface area contributed by atoms with Gasteiger partial charge in [-0.15, -0.1) is 0 Å². The Morgan fingerprint density at radius 2 is 2.09 bits per heavy atom. The third-order valence-electron chi connectivity index (χ3n) is 3.51. The normalized spacial score (nSPS) is 13.6. The van der Waals surface area contributed by atoms with Crippen LogP contribution in [0.2, 0.25) is 0 Å². The summed E-state index contributed by atoms with van der Waals surface area (Å²) in [6.45, 7) is 7.21. The van der Waals surface area contributed by atoms with Gasteiger partial charge in [0.1, 0.15) is 17.7 Å². The van der Waals surface area contributed by atoms with Crippen LogP contribution in [0.4, 0.5) is 4.39 Å². The van der Waals surface area contributed by atoms with E-state index in [9.17, 15) is 4.39 Å². The van der Waals surface area contributed by atoms with Crippen molar-refractivity contribution in [1.29, 1.82) is 0 Å². The molecule has 0 heterocycles. The Morgan fingerprint density at radius 3 is 2.65 bits per heavy atom. The SMILES string of the molecule is CCC(CNC(=NC)NCC(C)(C)OC)Oc1cccc(F)c1. The molecule has 0 saturated heterocycles. The third-order valence-corrected chi connectivity index (χ3v) is 3.51. The van der Waals surface area contributed by atoms with Crippen LogP contribution < -0.4 is 15.4 Å². The van der Waals surface area contributed by atoms with Gasteiger partial charge in [-0.1, -0.05) is 13.0 Å². The van der Waals surface area contributed by atoms with E-state index in [2.05, 4.69) is 15.6 Å². The summed E-state index contributed by atoms with van der Waals surface area (Å²) in [4.78, 5) is 4.18. The molecule has 1 rings (SSSR count). The van der Waals surface area contributed by atoms with Crippen molar-refractivity contribution in [2.75, 3.05) is 27.2 Å². The van der Waals surface area contributed by atoms with Crippen molar-refractivity contribution in [3.8, 4) is 5.75 Å². The topological polar surface area (TPSA) is 54.9 Å². The maximum Gasteiger partial charge on any atom is 0.191 e. The van der Waals surface area contributed by atoms with Gasteiger partial charge in [0.15, 0.2) is 5.96 Å². The number of aliphatic imine (C=N–C) groups is 1. The largest absolute Gasteiger partial charge is 0.489 e. The second kappa shape index (κ2) is 9.35. The lowest BCUT2D eigenvalue weighted by atomic mass is 10.1. The fourth-order valence-electron chi connectivity index (χ4n) is 1.80. The Morgan fingerprint density at radius 1 is 1.35 bits per heavy atom. The summed E-state index contributed by atoms with van der Waals surface area (Å²) < 4.78 is 24.4. The van der Waals surface area contributed by atoms with E-state index in [-0.39, 0.29) is 17.5 Å². The van der Waals surface area contributed by atoms with Crippen LogP contribution in [-0.4, -0.2) is 44.9 Å². The lowest BCUT2D eigenvalue weighted by molar-refractivity contribution is 0.0268. The molecule has 0 aromatic heterocycles. The average molecular weight is 325 g/mol. The summed E-state index contributed by atoms with van der Waals surface area (Å²) in [6, 6.07) is 6.17. The molecule has 0 aliphatic heterocycles. The van der Waals surface area contributed by atoms with Crippen molar-refractivity contribution in [1.82, 2.24) is 10.6 Å². The standard InChI is InChI=1S/C17H28FN3O2/c1-6-14(23-15-9-7-8-13(18)10-15)11-20-16(19-4)21-12-17(2,3)22-5/h7-10,14H,6,11-12H2,1-5H3,(H2,19,20,21). The summed E-state index contributed by atoms with van der Waals surface area (Å²) in [6.07, 6.45) is 0.718. The van der Waals surface area contributed by atoms with Crippen LogP contribution in [0.1, 0.15) is 27.2 Å². The Hall–Kier alpha value is -1.82. The number of hydrogen-bond donors (Lipinski definition) is 2. The van der Waals surface area contributed by atoms with Crippen molar-refractivity contribution >= 4 is 5.96 Å². The van der Waals surface area contributed by atoms with Crippen molar-refractivity contribution in [3.63, 3.8) is 0 Å². The third kappa shape index (κ3) is 7.32. The van der Waals surface area contributed by atoms with Crippen molar-refractivity contribution < 1.29 is 13.9 Å². The highest BCUT2D eigenvalue weighted by atomic mass is 19.1. The number of methoxy groups -OCH3 is 1. The Kier molecular flexibility index (Phi) is 7.81. The zero-order valence-electron chi connectivity index (χ0n) is 14.6. The van der Waals surface area contributed by atoms with E-state index in [4.69, 9.17) is 9.47 Å². The van der Waals surface area contributed by atoms with Gasteiger partial charge >= 0.3 is 0 Å². The van der Waals surface area contributed by atoms with E-state index in [1.807, 2.05) is 20.8 Å². The number of ether oxygens (including phenoxy) is 2. The number of rotatable bonds is 8. The monoisotopic (exact) mass is 325 g/mol. The first-order chi connectivity index (χ1) is 10.9. The molecule has 1 aromatic rings. The number of nitrogens with one attached hydrogen (secondary N) is 2. The Bertz CT molecular complexity index is 506. The number of guanidine groups is 1. The highest BCUT2D eigenvalue weighted by Crippen LogP contribution is 2.14. The number of benzene rings is 1. The molecule has 1 unspecified atom stereocenters. The van der Waals surface area contributed by atoms with Gasteiger partial charge in [-0.05, 0) is 32.4 Å². The van der Waals surface area contributed by atoms with Gasteiger partial charge in [0.25, 0.3) is 0 Å². The maximum atomic E-state index is 13.2. The molecule has 0 fully saturated rings. The zero-order valence-corrected chi connectivity index (χ0v) is 14.6. The molecule has 5 nitrogen and oxygen atoms in total. The quantitative estimate of drug-likeness (QED) is 0.570. The van der Waals surface area contributed by atoms with Gasteiger partial charge in [-0.3, -0.25) is 4.99 Å². The first-order valence-corrected chi connectivity index (χ1v) is 7.82. The smallest absolute Gasteiger partial charge is 0.191 e. The molecular formula is C17H28FN3O2. The number of nitrogens with zero attached hydrogens (tertiary/aromatic N) is 1. The van der Waals surface area contributed by atoms with E-state index >= 15 is 0 Å². The molecule has 0 saturated carbocycles. The lowest BCUT2D eigenvalue weighted by Crippen LogP contribution is -2.47. The van der Waals surface area contributed by atoms with Gasteiger partial charge in [-0.25, -0.2) is 4.39 Å². The van der Waals surface area contributed by atoms with Crippen molar-refractivity contribution in [2.45, 2.75) is 38.9 Å². The molecule has 0 spiro atoms. The first kappa shape index (κ1) is 19.2. The second-order valence-electron chi connectivity index (χ2n) is 5.88. The van der Waals surface area contributed by atoms with Crippen LogP contribution in [0.25, 0.3) is 0 Å². The fourth-order valence-corrected chi connectivity index (χ4v) is 1.80. The minimum absolute atomic E-state index is 0.0780. The molecule has 0 amide bonds. The second-order valence-corrected chi connectivity index (χ2v) is 5.88. The predicted molar refractivity (Wildman–Crippen MR) is 91.6 cm³/mol. The zero-order chi connectivity index (χ0) is 17.3. The molecule has 6 heteroatoms. The molecular weight excluding hydrogens is 297 g/mol. The van der Waals surface area contributed by atoms with Gasteiger partial charge in [0, 0.05) is 26.8 Å². The van der Waals surface area contributed by atoms with E-state index in [1.165, 1.54) is 12.1 Å².